The van der Waals surface area contributed by atoms with Crippen LogP contribution in [0.1, 0.15) is 47.7 Å². The first kappa shape index (κ1) is 39.6. The number of benzene rings is 3. The number of carbonyl (C=O) groups is 1. The van der Waals surface area contributed by atoms with E-state index in [9.17, 15) is 57.5 Å². The summed E-state index contributed by atoms with van der Waals surface area (Å²) in [6.45, 7) is 5.93. The zero-order chi connectivity index (χ0) is 36.0. The molecule has 4 rings (SSSR count). The molecule has 2 unspecified atom stereocenters. The molecule has 0 spiro atoms. The van der Waals surface area contributed by atoms with E-state index < -0.39 is 65.9 Å². The average Bonchev–Trinajstić information content (AvgIpc) is 3.73. The molecule has 0 saturated carbocycles. The van der Waals surface area contributed by atoms with Crippen LogP contribution in [0, 0.1) is 24.5 Å². The summed E-state index contributed by atoms with van der Waals surface area (Å²) >= 11 is 0. The van der Waals surface area contributed by atoms with Crippen molar-refractivity contribution >= 4 is 6.29 Å². The minimum atomic E-state index is -5.61. The van der Waals surface area contributed by atoms with Gasteiger partial charge in [0.15, 0.2) is 12.4 Å². The molecule has 260 valence electrons. The average molecular weight is 690 g/mol. The number of epoxide rings is 1. The molecule has 0 bridgehead atoms. The quantitative estimate of drug-likeness (QED) is 0.146. The zero-order valence-corrected chi connectivity index (χ0v) is 25.3. The maximum absolute atomic E-state index is 14.0. The number of ether oxygens (including phenoxy) is 1. The van der Waals surface area contributed by atoms with Gasteiger partial charge in [-0.2, -0.15) is 35.1 Å². The van der Waals surface area contributed by atoms with Crippen LogP contribution in [0.4, 0.5) is 52.7 Å². The highest BCUT2D eigenvalue weighted by atomic mass is 19.4. The molecule has 1 fully saturated rings. The van der Waals surface area contributed by atoms with E-state index in [4.69, 9.17) is 0 Å². The second-order valence-corrected chi connectivity index (χ2v) is 10.9. The van der Waals surface area contributed by atoms with Crippen LogP contribution in [-0.4, -0.2) is 43.8 Å². The number of alkyl halides is 10. The Labute approximate surface area is 262 Å². The third kappa shape index (κ3) is 9.72. The number of hydrogen-bond acceptors (Lipinski definition) is 3. The molecule has 15 heteroatoms. The summed E-state index contributed by atoms with van der Waals surface area (Å²) in [5.74, 6) is -5.73. The van der Waals surface area contributed by atoms with Crippen LogP contribution in [0.15, 0.2) is 66.7 Å². The number of carbonyl (C=O) groups excluding carboxylic acids is 1. The van der Waals surface area contributed by atoms with Gasteiger partial charge in [-0.15, -0.1) is 0 Å². The lowest BCUT2D eigenvalue weighted by Crippen LogP contribution is -2.48. The number of nitrogens with one attached hydrogen (secondary N) is 1. The van der Waals surface area contributed by atoms with E-state index in [0.717, 1.165) is 12.1 Å². The maximum atomic E-state index is 14.0. The van der Waals surface area contributed by atoms with E-state index in [2.05, 4.69) is 29.1 Å². The Bertz CT molecular complexity index is 1440. The highest BCUT2D eigenvalue weighted by Crippen LogP contribution is 2.58. The fourth-order valence-corrected chi connectivity index (χ4v) is 4.43. The van der Waals surface area contributed by atoms with Crippen LogP contribution in [0.3, 0.4) is 0 Å². The number of rotatable bonds is 8. The third-order valence-corrected chi connectivity index (χ3v) is 6.79. The molecule has 1 N–H and O–H groups in total. The van der Waals surface area contributed by atoms with Crippen molar-refractivity contribution in [3.63, 3.8) is 0 Å². The molecule has 1 saturated heterocycles. The third-order valence-electron chi connectivity index (χ3n) is 6.79. The lowest BCUT2D eigenvalue weighted by atomic mass is 9.92. The molecular formula is C32H31F12NO2. The van der Waals surface area contributed by atoms with Gasteiger partial charge in [0.05, 0.1) is 6.04 Å². The fraction of sp³-hybridized carbons (Fsp3) is 0.406. The van der Waals surface area contributed by atoms with Crippen LogP contribution in [0.5, 0.6) is 0 Å². The molecule has 0 radical (unpaired) electrons. The second kappa shape index (κ2) is 15.5. The molecular weight excluding hydrogens is 658 g/mol. The molecule has 3 aromatic carbocycles. The molecule has 0 amide bonds. The first-order valence-corrected chi connectivity index (χ1v) is 13.8. The Morgan fingerprint density at radius 3 is 1.81 bits per heavy atom. The minimum Gasteiger partial charge on any atom is -0.341 e. The van der Waals surface area contributed by atoms with Gasteiger partial charge in [0.2, 0.25) is 0 Å². The number of halogens is 12. The summed E-state index contributed by atoms with van der Waals surface area (Å²) in [5, 5.41) is 2.85. The Hall–Kier alpha value is -3.59. The van der Waals surface area contributed by atoms with Gasteiger partial charge in [-0.05, 0) is 67.3 Å². The Balaban J connectivity index is 0.000000313. The summed E-state index contributed by atoms with van der Waals surface area (Å²) in [6, 6.07) is 16.0. The molecule has 3 aromatic rings. The van der Waals surface area contributed by atoms with Crippen LogP contribution < -0.4 is 5.32 Å². The summed E-state index contributed by atoms with van der Waals surface area (Å²) in [4.78, 5) is 9.75. The van der Waals surface area contributed by atoms with Crippen molar-refractivity contribution in [2.75, 3.05) is 7.05 Å². The van der Waals surface area contributed by atoms with Gasteiger partial charge in [-0.25, -0.2) is 17.6 Å². The number of aryl methyl sites for hydroxylation is 1. The van der Waals surface area contributed by atoms with Crippen molar-refractivity contribution in [3.8, 4) is 0 Å². The molecule has 1 aliphatic rings. The number of aldehydes is 1. The number of hydrogen-bond donors (Lipinski definition) is 1. The molecule has 0 aromatic heterocycles. The second-order valence-electron chi connectivity index (χ2n) is 10.9. The van der Waals surface area contributed by atoms with Crippen molar-refractivity contribution < 1.29 is 62.2 Å². The monoisotopic (exact) mass is 689 g/mol. The molecule has 47 heavy (non-hydrogen) atoms. The molecule has 0 aliphatic carbocycles. The summed E-state index contributed by atoms with van der Waals surface area (Å²) in [5.41, 5.74) is -3.04. The predicted octanol–water partition coefficient (Wildman–Crippen LogP) is 9.27. The van der Waals surface area contributed by atoms with Crippen LogP contribution in [-0.2, 0) is 21.9 Å². The van der Waals surface area contributed by atoms with Crippen LogP contribution in [0.25, 0.3) is 0 Å². The first-order valence-electron chi connectivity index (χ1n) is 13.8. The Morgan fingerprint density at radius 1 is 0.851 bits per heavy atom. The van der Waals surface area contributed by atoms with E-state index in [1.165, 1.54) is 24.7 Å². The topological polar surface area (TPSA) is 41.6 Å². The van der Waals surface area contributed by atoms with Gasteiger partial charge in [-0.3, -0.25) is 0 Å². The summed E-state index contributed by atoms with van der Waals surface area (Å²) in [7, 11) is 1.52. The van der Waals surface area contributed by atoms with Crippen molar-refractivity contribution in [3.05, 3.63) is 106 Å². The lowest BCUT2D eigenvalue weighted by molar-refractivity contribution is -0.292. The SMILES string of the molecule is CNC(c1cc(F)cc(C(F)(F)C(F)F)c1)c1ccc(F)c(CC(C)C)c1.Cc1ccccc1.O=CC1OC1(C(F)(F)F)C(F)(F)F. The Kier molecular flexibility index (Phi) is 13.1. The van der Waals surface area contributed by atoms with Crippen molar-refractivity contribution in [2.24, 2.45) is 5.92 Å². The summed E-state index contributed by atoms with van der Waals surface area (Å²) in [6.07, 6.45) is -17.7. The van der Waals surface area contributed by atoms with Gasteiger partial charge in [-0.1, -0.05) is 61.9 Å². The lowest BCUT2D eigenvalue weighted by Gasteiger charge is -2.22. The maximum Gasteiger partial charge on any atom is 0.429 e. The Morgan fingerprint density at radius 2 is 1.43 bits per heavy atom. The minimum absolute atomic E-state index is 0.0509. The highest BCUT2D eigenvalue weighted by molar-refractivity contribution is 5.64. The molecule has 1 heterocycles. The van der Waals surface area contributed by atoms with Crippen molar-refractivity contribution in [2.45, 2.75) is 69.6 Å². The van der Waals surface area contributed by atoms with Crippen LogP contribution in [0.2, 0.25) is 0 Å². The van der Waals surface area contributed by atoms with Gasteiger partial charge >= 0.3 is 24.7 Å². The molecule has 3 nitrogen and oxygen atoms in total. The van der Waals surface area contributed by atoms with E-state index in [-0.39, 0.29) is 11.5 Å². The standard InChI is InChI=1S/C20H21F6N.C7H8.C5H2F6O2/c1-11(2)6-13-7-12(4-5-17(13)22)18(27-3)14-8-15(10-16(21)9-14)20(25,26)19(23)24;1-7-5-3-2-4-6-7;6-4(7,8)3(5(9,10)11)2(1-12)13-3/h4-5,7-11,18-19,27H,6H2,1-3H3;2-6H,1H3;1-2H. The van der Waals surface area contributed by atoms with Crippen molar-refractivity contribution in [1.29, 1.82) is 0 Å². The van der Waals surface area contributed by atoms with Gasteiger partial charge < -0.3 is 14.8 Å². The van der Waals surface area contributed by atoms with Gasteiger partial charge in [0.1, 0.15) is 11.6 Å². The van der Waals surface area contributed by atoms with E-state index in [1.54, 1.807) is 6.07 Å². The summed E-state index contributed by atoms with van der Waals surface area (Å²) < 4.78 is 155. The van der Waals surface area contributed by atoms with E-state index in [1.807, 2.05) is 32.0 Å². The predicted molar refractivity (Wildman–Crippen MR) is 149 cm³/mol. The normalized spacial score (nSPS) is 16.5. The smallest absolute Gasteiger partial charge is 0.341 e. The van der Waals surface area contributed by atoms with E-state index >= 15 is 0 Å². The highest BCUT2D eigenvalue weighted by Gasteiger charge is 2.87. The van der Waals surface area contributed by atoms with Crippen LogP contribution >= 0.6 is 0 Å². The van der Waals surface area contributed by atoms with Gasteiger partial charge in [0, 0.05) is 5.56 Å². The van der Waals surface area contributed by atoms with Crippen molar-refractivity contribution in [1.82, 2.24) is 5.32 Å². The first-order chi connectivity index (χ1) is 21.6. The largest absolute Gasteiger partial charge is 0.429 e. The molecule has 2 atom stereocenters. The zero-order valence-electron chi connectivity index (χ0n) is 25.3. The van der Waals surface area contributed by atoms with E-state index in [0.29, 0.717) is 23.6 Å². The van der Waals surface area contributed by atoms with Gasteiger partial charge in [0.25, 0.3) is 5.60 Å². The molecule has 1 aliphatic heterocycles. The fourth-order valence-electron chi connectivity index (χ4n) is 4.43.